The number of hydrogen-bond acceptors (Lipinski definition) is 4. The van der Waals surface area contributed by atoms with Gasteiger partial charge >= 0.3 is 5.97 Å². The minimum absolute atomic E-state index is 0.129. The van der Waals surface area contributed by atoms with E-state index in [4.69, 9.17) is 7.85 Å². The Labute approximate surface area is 83.7 Å². The molecule has 1 heterocycles. The highest BCUT2D eigenvalue weighted by atomic mass is 79.9. The van der Waals surface area contributed by atoms with E-state index in [2.05, 4.69) is 25.7 Å². The van der Waals surface area contributed by atoms with Crippen LogP contribution in [0.2, 0.25) is 0 Å². The lowest BCUT2D eigenvalue weighted by atomic mass is 10.0. The Morgan fingerprint density at radius 1 is 1.83 bits per heavy atom. The van der Waals surface area contributed by atoms with Gasteiger partial charge in [-0.05, 0) is 20.7 Å². The molecule has 0 spiro atoms. The third-order valence-corrected chi connectivity index (χ3v) is 2.62. The predicted molar refractivity (Wildman–Crippen MR) is 50.9 cm³/mol. The fraction of sp³-hybridized carbons (Fsp3) is 0.333. The van der Waals surface area contributed by atoms with Crippen molar-refractivity contribution in [1.29, 1.82) is 0 Å². The number of halogens is 1. The molecule has 0 bridgehead atoms. The largest absolute Gasteiger partial charge is 0.469 e. The summed E-state index contributed by atoms with van der Waals surface area (Å²) in [7, 11) is 6.90. The smallest absolute Gasteiger partial charge is 0.311 e. The van der Waals surface area contributed by atoms with Gasteiger partial charge in [0.15, 0.2) is 3.92 Å². The molecule has 1 aromatic heterocycles. The number of esters is 1. The van der Waals surface area contributed by atoms with Gasteiger partial charge < -0.3 is 4.74 Å². The SMILES string of the molecule is [B]c1sc(Br)nc1CC(=O)OC. The molecule has 0 saturated heterocycles. The van der Waals surface area contributed by atoms with Gasteiger partial charge in [0.1, 0.15) is 7.85 Å². The Morgan fingerprint density at radius 3 is 2.92 bits per heavy atom. The molecule has 2 radical (unpaired) electrons. The first kappa shape index (κ1) is 9.73. The van der Waals surface area contributed by atoms with E-state index in [0.717, 1.165) is 0 Å². The van der Waals surface area contributed by atoms with Crippen LogP contribution in [0.1, 0.15) is 5.69 Å². The van der Waals surface area contributed by atoms with Crippen LogP contribution in [0.5, 0.6) is 0 Å². The number of carbonyl (C=O) groups excluding carboxylic acids is 1. The lowest BCUT2D eigenvalue weighted by molar-refractivity contribution is -0.139. The number of ether oxygens (including phenoxy) is 1. The number of aromatic nitrogens is 1. The molecule has 0 fully saturated rings. The van der Waals surface area contributed by atoms with Crippen LogP contribution in [0.15, 0.2) is 3.92 Å². The highest BCUT2D eigenvalue weighted by molar-refractivity contribution is 9.11. The molecule has 1 rings (SSSR count). The number of hydrogen-bond donors (Lipinski definition) is 0. The van der Waals surface area contributed by atoms with Crippen LogP contribution in [0, 0.1) is 0 Å². The van der Waals surface area contributed by atoms with Crippen LogP contribution in [-0.4, -0.2) is 25.9 Å². The maximum absolute atomic E-state index is 10.8. The molecule has 0 atom stereocenters. The molecule has 0 unspecified atom stereocenters. The minimum Gasteiger partial charge on any atom is -0.469 e. The first-order valence-electron chi connectivity index (χ1n) is 3.11. The summed E-state index contributed by atoms with van der Waals surface area (Å²) < 4.78 is 5.70. The van der Waals surface area contributed by atoms with Gasteiger partial charge in [0.25, 0.3) is 0 Å². The van der Waals surface area contributed by atoms with Crippen molar-refractivity contribution in [3.8, 4) is 0 Å². The Hall–Kier alpha value is -0.355. The number of carbonyl (C=O) groups is 1. The predicted octanol–water partition coefficient (Wildman–Crippen LogP) is 0.415. The summed E-state index contributed by atoms with van der Waals surface area (Å²) in [6, 6.07) is 0. The Balaban J connectivity index is 2.75. The van der Waals surface area contributed by atoms with Gasteiger partial charge in [0.05, 0.1) is 19.2 Å². The van der Waals surface area contributed by atoms with Crippen molar-refractivity contribution in [2.45, 2.75) is 6.42 Å². The van der Waals surface area contributed by atoms with Gasteiger partial charge in [-0.1, -0.05) is 0 Å². The van der Waals surface area contributed by atoms with E-state index in [1.807, 2.05) is 0 Å². The van der Waals surface area contributed by atoms with E-state index in [0.29, 0.717) is 14.4 Å². The van der Waals surface area contributed by atoms with Gasteiger partial charge in [-0.25, -0.2) is 4.98 Å². The third kappa shape index (κ3) is 2.32. The molecule has 12 heavy (non-hydrogen) atoms. The van der Waals surface area contributed by atoms with Crippen LogP contribution < -0.4 is 4.78 Å². The second-order valence-corrected chi connectivity index (χ2v) is 4.34. The van der Waals surface area contributed by atoms with Crippen molar-refractivity contribution in [1.82, 2.24) is 4.98 Å². The summed E-state index contributed by atoms with van der Waals surface area (Å²) in [6.45, 7) is 0. The van der Waals surface area contributed by atoms with Crippen molar-refractivity contribution in [2.75, 3.05) is 7.11 Å². The molecule has 0 amide bonds. The van der Waals surface area contributed by atoms with Gasteiger partial charge in [0.2, 0.25) is 0 Å². The second kappa shape index (κ2) is 4.05. The number of rotatable bonds is 2. The van der Waals surface area contributed by atoms with Crippen molar-refractivity contribution in [2.24, 2.45) is 0 Å². The first-order valence-corrected chi connectivity index (χ1v) is 4.72. The fourth-order valence-corrected chi connectivity index (χ4v) is 1.98. The molecular formula is C6H5BBrNO2S. The molecule has 0 aliphatic rings. The molecule has 0 aliphatic carbocycles. The summed E-state index contributed by atoms with van der Waals surface area (Å²) in [4.78, 5) is 14.8. The second-order valence-electron chi connectivity index (χ2n) is 2.03. The third-order valence-electron chi connectivity index (χ3n) is 1.24. The van der Waals surface area contributed by atoms with E-state index in [9.17, 15) is 4.79 Å². The quantitative estimate of drug-likeness (QED) is 0.560. The zero-order valence-electron chi connectivity index (χ0n) is 6.33. The van der Waals surface area contributed by atoms with Gasteiger partial charge in [-0.15, -0.1) is 11.3 Å². The zero-order valence-corrected chi connectivity index (χ0v) is 8.74. The van der Waals surface area contributed by atoms with Crippen LogP contribution >= 0.6 is 27.3 Å². The van der Waals surface area contributed by atoms with E-state index < -0.39 is 0 Å². The number of nitrogens with zero attached hydrogens (tertiary/aromatic N) is 1. The van der Waals surface area contributed by atoms with E-state index in [1.54, 1.807) is 0 Å². The van der Waals surface area contributed by atoms with E-state index in [1.165, 1.54) is 18.4 Å². The average molecular weight is 246 g/mol. The van der Waals surface area contributed by atoms with Crippen molar-refractivity contribution in [3.63, 3.8) is 0 Å². The fourth-order valence-electron chi connectivity index (χ4n) is 0.669. The minimum atomic E-state index is -0.334. The van der Waals surface area contributed by atoms with Crippen molar-refractivity contribution in [3.05, 3.63) is 9.61 Å². The van der Waals surface area contributed by atoms with Crippen molar-refractivity contribution < 1.29 is 9.53 Å². The van der Waals surface area contributed by atoms with Crippen LogP contribution in [0.4, 0.5) is 0 Å². The van der Waals surface area contributed by atoms with Crippen LogP contribution in [0.25, 0.3) is 0 Å². The molecule has 0 N–H and O–H groups in total. The van der Waals surface area contributed by atoms with Crippen molar-refractivity contribution >= 4 is 45.9 Å². The average Bonchev–Trinajstić information content (AvgIpc) is 2.30. The Kier molecular flexibility index (Phi) is 3.28. The summed E-state index contributed by atoms with van der Waals surface area (Å²) >= 11 is 4.47. The molecule has 62 valence electrons. The van der Waals surface area contributed by atoms with Crippen LogP contribution in [0.3, 0.4) is 0 Å². The molecular weight excluding hydrogens is 241 g/mol. The highest BCUT2D eigenvalue weighted by Gasteiger charge is 2.09. The lowest BCUT2D eigenvalue weighted by Crippen LogP contribution is -2.12. The number of methoxy groups -OCH3 is 1. The molecule has 6 heteroatoms. The summed E-state index contributed by atoms with van der Waals surface area (Å²) in [6.07, 6.45) is 0.129. The summed E-state index contributed by atoms with van der Waals surface area (Å²) in [5.74, 6) is -0.334. The Morgan fingerprint density at radius 2 is 2.50 bits per heavy atom. The van der Waals surface area contributed by atoms with Gasteiger partial charge in [-0.2, -0.15) is 0 Å². The molecule has 1 aromatic rings. The highest BCUT2D eigenvalue weighted by Crippen LogP contribution is 2.13. The molecule has 0 aromatic carbocycles. The zero-order chi connectivity index (χ0) is 9.14. The van der Waals surface area contributed by atoms with Gasteiger partial charge in [0, 0.05) is 0 Å². The topological polar surface area (TPSA) is 39.2 Å². The Bertz CT molecular complexity index is 302. The maximum atomic E-state index is 10.8. The standard InChI is InChI=1S/C6H5BBrNO2S/c1-11-4(10)2-3-5(7)12-6(8)9-3/h2H2,1H3. The molecule has 3 nitrogen and oxygen atoms in total. The monoisotopic (exact) mass is 245 g/mol. The number of thiazole rings is 1. The van der Waals surface area contributed by atoms with E-state index >= 15 is 0 Å². The summed E-state index contributed by atoms with van der Waals surface area (Å²) in [5, 5.41) is 0. The van der Waals surface area contributed by atoms with Crippen LogP contribution in [-0.2, 0) is 16.0 Å². The normalized spacial score (nSPS) is 9.83. The maximum Gasteiger partial charge on any atom is 0.311 e. The lowest BCUT2D eigenvalue weighted by Gasteiger charge is -1.95. The van der Waals surface area contributed by atoms with Gasteiger partial charge in [-0.3, -0.25) is 4.79 Å². The van der Waals surface area contributed by atoms with E-state index in [-0.39, 0.29) is 12.4 Å². The molecule has 0 saturated carbocycles. The summed E-state index contributed by atoms with van der Waals surface area (Å²) in [5.41, 5.74) is 0.568. The first-order chi connectivity index (χ1) is 5.63. The molecule has 0 aliphatic heterocycles.